The first-order valence-corrected chi connectivity index (χ1v) is 4.42. The number of H-pyrrole nitrogens is 1. The average molecular weight is 182 g/mol. The van der Waals surface area contributed by atoms with E-state index < -0.39 is 0 Å². The molecule has 0 radical (unpaired) electrons. The first-order valence-electron chi connectivity index (χ1n) is 4.42. The van der Waals surface area contributed by atoms with Crippen molar-refractivity contribution in [1.29, 1.82) is 0 Å². The molecule has 0 saturated heterocycles. The van der Waals surface area contributed by atoms with Crippen LogP contribution in [0, 0.1) is 6.92 Å². The van der Waals surface area contributed by atoms with Gasteiger partial charge in [0.15, 0.2) is 0 Å². The van der Waals surface area contributed by atoms with Crippen LogP contribution < -0.4 is 0 Å². The number of aromatic nitrogens is 2. The van der Waals surface area contributed by atoms with Crippen molar-refractivity contribution in [3.8, 4) is 0 Å². The highest BCUT2D eigenvalue weighted by Gasteiger charge is 2.11. The molecule has 0 unspecified atom stereocenters. The molecule has 1 rings (SSSR count). The normalized spacial score (nSPS) is 10.0. The van der Waals surface area contributed by atoms with Gasteiger partial charge in [-0.1, -0.05) is 13.3 Å². The van der Waals surface area contributed by atoms with E-state index in [0.717, 1.165) is 12.8 Å². The predicted molar refractivity (Wildman–Crippen MR) is 48.5 cm³/mol. The molecular weight excluding hydrogens is 168 g/mol. The molecule has 0 aromatic carbocycles. The number of carbonyl (C=O) groups excluding carboxylic acids is 1. The van der Waals surface area contributed by atoms with Gasteiger partial charge in [0, 0.05) is 0 Å². The smallest absolute Gasteiger partial charge is 0.356 e. The van der Waals surface area contributed by atoms with Crippen LogP contribution in [0.4, 0.5) is 0 Å². The Hall–Kier alpha value is -1.32. The number of imidazole rings is 1. The van der Waals surface area contributed by atoms with Crippen LogP contribution in [-0.2, 0) is 4.74 Å². The van der Waals surface area contributed by atoms with Crippen molar-refractivity contribution in [1.82, 2.24) is 9.97 Å². The zero-order valence-electron chi connectivity index (χ0n) is 7.96. The minimum absolute atomic E-state index is 0.316. The van der Waals surface area contributed by atoms with Crippen molar-refractivity contribution in [2.45, 2.75) is 26.7 Å². The molecule has 1 heterocycles. The van der Waals surface area contributed by atoms with Gasteiger partial charge in [0.1, 0.15) is 5.69 Å². The van der Waals surface area contributed by atoms with E-state index in [-0.39, 0.29) is 5.97 Å². The number of carbonyl (C=O) groups is 1. The van der Waals surface area contributed by atoms with Gasteiger partial charge < -0.3 is 9.72 Å². The van der Waals surface area contributed by atoms with Crippen molar-refractivity contribution >= 4 is 5.97 Å². The second-order valence-electron chi connectivity index (χ2n) is 2.85. The second kappa shape index (κ2) is 4.64. The van der Waals surface area contributed by atoms with E-state index in [4.69, 9.17) is 4.74 Å². The van der Waals surface area contributed by atoms with E-state index in [0.29, 0.717) is 18.0 Å². The Morgan fingerprint density at radius 2 is 2.46 bits per heavy atom. The Balaban J connectivity index is 2.45. The van der Waals surface area contributed by atoms with Crippen molar-refractivity contribution < 1.29 is 9.53 Å². The van der Waals surface area contributed by atoms with E-state index in [1.165, 1.54) is 6.33 Å². The van der Waals surface area contributed by atoms with E-state index in [1.807, 2.05) is 0 Å². The zero-order chi connectivity index (χ0) is 9.68. The fraction of sp³-hybridized carbons (Fsp3) is 0.556. The molecule has 0 bridgehead atoms. The summed E-state index contributed by atoms with van der Waals surface area (Å²) in [5.41, 5.74) is 1.14. The Labute approximate surface area is 77.3 Å². The van der Waals surface area contributed by atoms with Gasteiger partial charge >= 0.3 is 5.97 Å². The molecule has 1 N–H and O–H groups in total. The van der Waals surface area contributed by atoms with Gasteiger partial charge in [-0.25, -0.2) is 9.78 Å². The Kier molecular flexibility index (Phi) is 3.49. The minimum Gasteiger partial charge on any atom is -0.461 e. The number of nitrogens with zero attached hydrogens (tertiary/aromatic N) is 1. The van der Waals surface area contributed by atoms with E-state index in [1.54, 1.807) is 6.92 Å². The third kappa shape index (κ3) is 2.57. The van der Waals surface area contributed by atoms with Gasteiger partial charge in [-0.3, -0.25) is 0 Å². The number of hydrogen-bond donors (Lipinski definition) is 1. The van der Waals surface area contributed by atoms with Gasteiger partial charge in [0.2, 0.25) is 0 Å². The molecule has 4 heteroatoms. The number of nitrogens with one attached hydrogen (secondary N) is 1. The maximum Gasteiger partial charge on any atom is 0.356 e. The van der Waals surface area contributed by atoms with Crippen LogP contribution >= 0.6 is 0 Å². The summed E-state index contributed by atoms with van der Waals surface area (Å²) in [5, 5.41) is 0. The number of aryl methyl sites for hydroxylation is 1. The van der Waals surface area contributed by atoms with E-state index in [9.17, 15) is 4.79 Å². The summed E-state index contributed by atoms with van der Waals surface area (Å²) in [6.07, 6.45) is 3.42. The molecule has 0 saturated carbocycles. The number of rotatable bonds is 4. The summed E-state index contributed by atoms with van der Waals surface area (Å²) in [7, 11) is 0. The summed E-state index contributed by atoms with van der Waals surface area (Å²) in [6.45, 7) is 4.30. The van der Waals surface area contributed by atoms with Crippen molar-refractivity contribution in [3.63, 3.8) is 0 Å². The topological polar surface area (TPSA) is 55.0 Å². The predicted octanol–water partition coefficient (Wildman–Crippen LogP) is 1.68. The van der Waals surface area contributed by atoms with Crippen molar-refractivity contribution in [2.24, 2.45) is 0 Å². The minimum atomic E-state index is -0.316. The molecule has 72 valence electrons. The summed E-state index contributed by atoms with van der Waals surface area (Å²) in [5.74, 6) is -0.316. The zero-order valence-corrected chi connectivity index (χ0v) is 7.96. The standard InChI is InChI=1S/C9H14N2O2/c1-3-4-5-13-9(12)8-7(2)10-6-11-8/h6H,3-5H2,1-2H3,(H,10,11). The maximum atomic E-state index is 11.3. The molecular formula is C9H14N2O2. The molecule has 0 fully saturated rings. The SMILES string of the molecule is CCCCOC(=O)c1[nH]cnc1C. The third-order valence-corrected chi connectivity index (χ3v) is 1.76. The Bertz CT molecular complexity index is 281. The first-order chi connectivity index (χ1) is 6.25. The second-order valence-corrected chi connectivity index (χ2v) is 2.85. The molecule has 0 spiro atoms. The Morgan fingerprint density at radius 1 is 1.69 bits per heavy atom. The van der Waals surface area contributed by atoms with Crippen molar-refractivity contribution in [2.75, 3.05) is 6.61 Å². The maximum absolute atomic E-state index is 11.3. The van der Waals surface area contributed by atoms with Crippen LogP contribution in [0.25, 0.3) is 0 Å². The van der Waals surface area contributed by atoms with Gasteiger partial charge in [0.25, 0.3) is 0 Å². The van der Waals surface area contributed by atoms with E-state index >= 15 is 0 Å². The highest BCUT2D eigenvalue weighted by atomic mass is 16.5. The van der Waals surface area contributed by atoms with Crippen LogP contribution in [0.3, 0.4) is 0 Å². The molecule has 0 amide bonds. The number of esters is 1. The third-order valence-electron chi connectivity index (χ3n) is 1.76. The summed E-state index contributed by atoms with van der Waals surface area (Å²) >= 11 is 0. The van der Waals surface area contributed by atoms with Crippen LogP contribution in [-0.4, -0.2) is 22.5 Å². The fourth-order valence-electron chi connectivity index (χ4n) is 0.951. The van der Waals surface area contributed by atoms with Crippen LogP contribution in [0.2, 0.25) is 0 Å². The number of hydrogen-bond acceptors (Lipinski definition) is 3. The Morgan fingerprint density at radius 3 is 3.00 bits per heavy atom. The summed E-state index contributed by atoms with van der Waals surface area (Å²) in [6, 6.07) is 0. The monoisotopic (exact) mass is 182 g/mol. The lowest BCUT2D eigenvalue weighted by molar-refractivity contribution is 0.0492. The average Bonchev–Trinajstić information content (AvgIpc) is 2.52. The molecule has 0 atom stereocenters. The summed E-state index contributed by atoms with van der Waals surface area (Å²) in [4.78, 5) is 18.0. The molecule has 0 aliphatic heterocycles. The number of ether oxygens (including phenoxy) is 1. The molecule has 0 aliphatic rings. The van der Waals surface area contributed by atoms with Gasteiger partial charge in [-0.05, 0) is 13.3 Å². The highest BCUT2D eigenvalue weighted by molar-refractivity contribution is 5.88. The molecule has 1 aromatic rings. The summed E-state index contributed by atoms with van der Waals surface area (Å²) < 4.78 is 5.00. The molecule has 13 heavy (non-hydrogen) atoms. The van der Waals surface area contributed by atoms with Gasteiger partial charge in [-0.2, -0.15) is 0 Å². The van der Waals surface area contributed by atoms with Gasteiger partial charge in [0.05, 0.1) is 18.6 Å². The largest absolute Gasteiger partial charge is 0.461 e. The quantitative estimate of drug-likeness (QED) is 0.569. The fourth-order valence-corrected chi connectivity index (χ4v) is 0.951. The van der Waals surface area contributed by atoms with Gasteiger partial charge in [-0.15, -0.1) is 0 Å². The lowest BCUT2D eigenvalue weighted by Gasteiger charge is -2.01. The lowest BCUT2D eigenvalue weighted by atomic mass is 10.3. The van der Waals surface area contributed by atoms with Crippen LogP contribution in [0.1, 0.15) is 35.9 Å². The van der Waals surface area contributed by atoms with Crippen LogP contribution in [0.15, 0.2) is 6.33 Å². The lowest BCUT2D eigenvalue weighted by Crippen LogP contribution is -2.08. The molecule has 1 aromatic heterocycles. The van der Waals surface area contributed by atoms with Crippen molar-refractivity contribution in [3.05, 3.63) is 17.7 Å². The number of aromatic amines is 1. The van der Waals surface area contributed by atoms with Crippen LogP contribution in [0.5, 0.6) is 0 Å². The first kappa shape index (κ1) is 9.77. The highest BCUT2D eigenvalue weighted by Crippen LogP contribution is 2.03. The van der Waals surface area contributed by atoms with E-state index in [2.05, 4.69) is 16.9 Å². The molecule has 0 aliphatic carbocycles. The molecule has 4 nitrogen and oxygen atoms in total. The number of unbranched alkanes of at least 4 members (excludes halogenated alkanes) is 1.